The molecule has 4 aromatic rings. The topological polar surface area (TPSA) is 82.6 Å². The highest BCUT2D eigenvalue weighted by Crippen LogP contribution is 2.45. The number of rotatable bonds is 4. The van der Waals surface area contributed by atoms with Gasteiger partial charge >= 0.3 is 0 Å². The van der Waals surface area contributed by atoms with E-state index in [9.17, 15) is 4.79 Å². The minimum atomic E-state index is -0.0513. The molecule has 0 radical (unpaired) electrons. The number of ether oxygens (including phenoxy) is 2. The molecule has 2 aliphatic rings. The molecule has 2 aliphatic heterocycles. The first-order valence-electron chi connectivity index (χ1n) is 12.0. The lowest BCUT2D eigenvalue weighted by Gasteiger charge is -2.45. The number of oxazole rings is 1. The molecule has 8 heteroatoms. The van der Waals surface area contributed by atoms with Gasteiger partial charge in [-0.25, -0.2) is 4.98 Å². The molecule has 0 N–H and O–H groups in total. The number of fused-ring (bicyclic) bond motifs is 5. The summed E-state index contributed by atoms with van der Waals surface area (Å²) in [5.74, 6) is 2.09. The van der Waals surface area contributed by atoms with E-state index in [1.807, 2.05) is 55.1 Å². The fraction of sp³-hybridized carbons (Fsp3) is 0.370. The highest BCUT2D eigenvalue weighted by molar-refractivity contribution is 5.97. The molecule has 2 aromatic heterocycles. The Labute approximate surface area is 203 Å². The van der Waals surface area contributed by atoms with Crippen molar-refractivity contribution in [3.05, 3.63) is 59.1 Å². The van der Waals surface area contributed by atoms with Crippen LogP contribution in [0.5, 0.6) is 11.5 Å². The number of hydrogen-bond acceptors (Lipinski definition) is 6. The van der Waals surface area contributed by atoms with Gasteiger partial charge in [0.15, 0.2) is 11.5 Å². The lowest BCUT2D eigenvalue weighted by Crippen LogP contribution is -2.49. The standard InChI is InChI=1S/C27H28N4O4/c1-15-28-22-9-8-16(12-24(22)35-15)27(32)31-18-6-5-7-23(31)25-21(13-18)26(30(2)29-25)17-10-19(33-3)14-20(11-17)34-4/h8-12,14,18,23H,5-7,13H2,1-4H3. The van der Waals surface area contributed by atoms with Gasteiger partial charge in [-0.1, -0.05) is 0 Å². The van der Waals surface area contributed by atoms with Gasteiger partial charge in [-0.15, -0.1) is 0 Å². The number of amides is 1. The van der Waals surface area contributed by atoms with Gasteiger partial charge in [0.05, 0.1) is 31.6 Å². The van der Waals surface area contributed by atoms with E-state index in [-0.39, 0.29) is 18.0 Å². The first-order chi connectivity index (χ1) is 17.0. The molecule has 0 spiro atoms. The number of aromatic nitrogens is 3. The van der Waals surface area contributed by atoms with Crippen LogP contribution < -0.4 is 9.47 Å². The third-order valence-electron chi connectivity index (χ3n) is 7.28. The van der Waals surface area contributed by atoms with Gasteiger partial charge < -0.3 is 18.8 Å². The van der Waals surface area contributed by atoms with Crippen molar-refractivity contribution in [1.29, 1.82) is 0 Å². The molecule has 2 atom stereocenters. The Morgan fingerprint density at radius 2 is 1.86 bits per heavy atom. The Hall–Kier alpha value is -3.81. The van der Waals surface area contributed by atoms with Crippen LogP contribution in [0.3, 0.4) is 0 Å². The Balaban J connectivity index is 1.41. The molecule has 2 aromatic carbocycles. The quantitative estimate of drug-likeness (QED) is 0.422. The Morgan fingerprint density at radius 3 is 2.60 bits per heavy atom. The van der Waals surface area contributed by atoms with E-state index in [2.05, 4.69) is 9.88 Å². The molecule has 0 aliphatic carbocycles. The van der Waals surface area contributed by atoms with Gasteiger partial charge in [-0.3, -0.25) is 9.48 Å². The summed E-state index contributed by atoms with van der Waals surface area (Å²) in [4.78, 5) is 20.2. The van der Waals surface area contributed by atoms with E-state index in [0.29, 0.717) is 17.0 Å². The minimum absolute atomic E-state index is 0.0246. The van der Waals surface area contributed by atoms with Crippen LogP contribution in [-0.2, 0) is 13.5 Å². The predicted octanol–water partition coefficient (Wildman–Crippen LogP) is 4.85. The Morgan fingerprint density at radius 1 is 1.09 bits per heavy atom. The minimum Gasteiger partial charge on any atom is -0.497 e. The van der Waals surface area contributed by atoms with E-state index < -0.39 is 0 Å². The largest absolute Gasteiger partial charge is 0.497 e. The van der Waals surface area contributed by atoms with Crippen LogP contribution in [0, 0.1) is 6.92 Å². The first-order valence-corrected chi connectivity index (χ1v) is 12.0. The van der Waals surface area contributed by atoms with Crippen LogP contribution in [0.1, 0.15) is 52.8 Å². The molecule has 180 valence electrons. The van der Waals surface area contributed by atoms with Crippen molar-refractivity contribution in [3.8, 4) is 22.8 Å². The lowest BCUT2D eigenvalue weighted by molar-refractivity contribution is 0.0392. The number of nitrogens with zero attached hydrogens (tertiary/aromatic N) is 4. The average Bonchev–Trinajstić information content (AvgIpc) is 3.40. The number of hydrogen-bond donors (Lipinski definition) is 0. The van der Waals surface area contributed by atoms with E-state index in [1.54, 1.807) is 14.2 Å². The lowest BCUT2D eigenvalue weighted by atomic mass is 9.81. The molecular weight excluding hydrogens is 444 g/mol. The maximum absolute atomic E-state index is 13.8. The third kappa shape index (κ3) is 3.47. The van der Waals surface area contributed by atoms with E-state index in [1.165, 1.54) is 5.56 Å². The van der Waals surface area contributed by atoms with Gasteiger partial charge in [0.25, 0.3) is 5.91 Å². The number of aryl methyl sites for hydroxylation is 2. The summed E-state index contributed by atoms with van der Waals surface area (Å²) < 4.78 is 18.6. The van der Waals surface area contributed by atoms with Crippen LogP contribution in [0.25, 0.3) is 22.4 Å². The summed E-state index contributed by atoms with van der Waals surface area (Å²) >= 11 is 0. The van der Waals surface area contributed by atoms with Crippen LogP contribution in [0.2, 0.25) is 0 Å². The molecule has 2 unspecified atom stereocenters. The third-order valence-corrected chi connectivity index (χ3v) is 7.28. The van der Waals surface area contributed by atoms with Crippen molar-refractivity contribution < 1.29 is 18.7 Å². The first kappa shape index (κ1) is 21.7. The van der Waals surface area contributed by atoms with Crippen molar-refractivity contribution in [1.82, 2.24) is 19.7 Å². The van der Waals surface area contributed by atoms with Crippen LogP contribution >= 0.6 is 0 Å². The van der Waals surface area contributed by atoms with Gasteiger partial charge in [-0.05, 0) is 56.0 Å². The van der Waals surface area contributed by atoms with Crippen molar-refractivity contribution in [3.63, 3.8) is 0 Å². The summed E-state index contributed by atoms with van der Waals surface area (Å²) in [6, 6.07) is 11.5. The second kappa shape index (κ2) is 8.15. The number of carbonyl (C=O) groups is 1. The molecule has 0 saturated carbocycles. The Bertz CT molecular complexity index is 1430. The van der Waals surface area contributed by atoms with Crippen LogP contribution in [-0.4, -0.2) is 45.8 Å². The summed E-state index contributed by atoms with van der Waals surface area (Å²) in [5.41, 5.74) is 6.29. The highest BCUT2D eigenvalue weighted by atomic mass is 16.5. The zero-order valence-corrected chi connectivity index (χ0v) is 20.4. The summed E-state index contributed by atoms with van der Waals surface area (Å²) in [6.07, 6.45) is 3.72. The second-order valence-electron chi connectivity index (χ2n) is 9.37. The molecule has 35 heavy (non-hydrogen) atoms. The molecular formula is C27H28N4O4. The molecule has 8 nitrogen and oxygen atoms in total. The van der Waals surface area contributed by atoms with Crippen molar-refractivity contribution in [2.75, 3.05) is 14.2 Å². The molecule has 2 bridgehead atoms. The summed E-state index contributed by atoms with van der Waals surface area (Å²) in [5, 5.41) is 4.95. The average molecular weight is 473 g/mol. The molecule has 4 heterocycles. The van der Waals surface area contributed by atoms with Crippen molar-refractivity contribution in [2.24, 2.45) is 7.05 Å². The molecule has 1 amide bonds. The fourth-order valence-corrected chi connectivity index (χ4v) is 5.78. The number of carbonyl (C=O) groups excluding carboxylic acids is 1. The number of benzene rings is 2. The van der Waals surface area contributed by atoms with E-state index >= 15 is 0 Å². The van der Waals surface area contributed by atoms with Gasteiger partial charge in [0.2, 0.25) is 0 Å². The summed E-state index contributed by atoms with van der Waals surface area (Å²) in [7, 11) is 5.28. The number of piperidine rings is 1. The molecule has 1 saturated heterocycles. The maximum atomic E-state index is 13.8. The summed E-state index contributed by atoms with van der Waals surface area (Å²) in [6.45, 7) is 1.81. The number of methoxy groups -OCH3 is 2. The molecule has 6 rings (SSSR count). The highest BCUT2D eigenvalue weighted by Gasteiger charge is 2.43. The van der Waals surface area contributed by atoms with Crippen molar-refractivity contribution in [2.45, 2.75) is 44.7 Å². The zero-order valence-electron chi connectivity index (χ0n) is 20.4. The fourth-order valence-electron chi connectivity index (χ4n) is 5.78. The SMILES string of the molecule is COc1cc(OC)cc(-c2c3c(nn2C)C2CCCC(C3)N2C(=O)c2ccc3nc(C)oc3c2)c1. The van der Waals surface area contributed by atoms with Gasteiger partial charge in [0, 0.05) is 42.8 Å². The normalized spacial score (nSPS) is 19.0. The maximum Gasteiger partial charge on any atom is 0.254 e. The zero-order chi connectivity index (χ0) is 24.3. The van der Waals surface area contributed by atoms with Crippen LogP contribution in [0.4, 0.5) is 0 Å². The van der Waals surface area contributed by atoms with Gasteiger partial charge in [-0.2, -0.15) is 5.10 Å². The predicted molar refractivity (Wildman–Crippen MR) is 131 cm³/mol. The smallest absolute Gasteiger partial charge is 0.254 e. The van der Waals surface area contributed by atoms with Crippen LogP contribution in [0.15, 0.2) is 40.8 Å². The van der Waals surface area contributed by atoms with Gasteiger partial charge in [0.1, 0.15) is 17.0 Å². The Kier molecular flexibility index (Phi) is 5.05. The van der Waals surface area contributed by atoms with E-state index in [4.69, 9.17) is 19.0 Å². The molecule has 1 fully saturated rings. The van der Waals surface area contributed by atoms with Crippen molar-refractivity contribution >= 4 is 17.0 Å². The second-order valence-corrected chi connectivity index (χ2v) is 9.37. The van der Waals surface area contributed by atoms with E-state index in [0.717, 1.165) is 59.7 Å². The monoisotopic (exact) mass is 472 g/mol.